The average molecular weight is 260 g/mol. The first-order valence-electron chi connectivity index (χ1n) is 6.46. The molecule has 5 heteroatoms. The lowest BCUT2D eigenvalue weighted by molar-refractivity contribution is -0.873. The summed E-state index contributed by atoms with van der Waals surface area (Å²) < 4.78 is 5.82. The molecular formula is C13H26NO4+. The van der Waals surface area contributed by atoms with Gasteiger partial charge >= 0.3 is 11.9 Å². The molecule has 0 spiro atoms. The second kappa shape index (κ2) is 8.08. The fraction of sp³-hybridized carbons (Fsp3) is 0.846. The molecule has 0 saturated carbocycles. The van der Waals surface area contributed by atoms with Gasteiger partial charge in [-0.05, 0) is 6.42 Å². The number of nitrogens with zero attached hydrogens (tertiary/aromatic N) is 1. The van der Waals surface area contributed by atoms with Crippen molar-refractivity contribution in [3.8, 4) is 0 Å². The van der Waals surface area contributed by atoms with Gasteiger partial charge in [-0.25, -0.2) is 0 Å². The van der Waals surface area contributed by atoms with Gasteiger partial charge in [0.2, 0.25) is 0 Å². The van der Waals surface area contributed by atoms with Crippen LogP contribution >= 0.6 is 0 Å². The zero-order chi connectivity index (χ0) is 14.2. The monoisotopic (exact) mass is 260 g/mol. The van der Waals surface area contributed by atoms with Crippen LogP contribution in [0.3, 0.4) is 0 Å². The predicted octanol–water partition coefficient (Wildman–Crippen LogP) is 1.66. The summed E-state index contributed by atoms with van der Waals surface area (Å²) in [7, 11) is 5.83. The highest BCUT2D eigenvalue weighted by atomic mass is 16.5. The van der Waals surface area contributed by atoms with Gasteiger partial charge in [-0.15, -0.1) is 0 Å². The van der Waals surface area contributed by atoms with Crippen molar-refractivity contribution >= 4 is 11.9 Å². The van der Waals surface area contributed by atoms with Crippen molar-refractivity contribution < 1.29 is 23.9 Å². The summed E-state index contributed by atoms with van der Waals surface area (Å²) in [5.41, 5.74) is 0. The predicted molar refractivity (Wildman–Crippen MR) is 69.2 cm³/mol. The smallest absolute Gasteiger partial charge is 0.307 e. The van der Waals surface area contributed by atoms with Crippen LogP contribution in [0.1, 0.15) is 39.0 Å². The van der Waals surface area contributed by atoms with Gasteiger partial charge in [0, 0.05) is 6.42 Å². The second-order valence-corrected chi connectivity index (χ2v) is 5.64. The molecule has 0 saturated heterocycles. The minimum atomic E-state index is -0.935. The summed E-state index contributed by atoms with van der Waals surface area (Å²) in [5, 5.41) is 8.81. The Hall–Kier alpha value is -1.10. The number of likely N-dealkylation sites (N-methyl/N-ethyl adjacent to an activating group) is 1. The molecule has 0 aliphatic rings. The average Bonchev–Trinajstić information content (AvgIpc) is 2.13. The molecule has 0 aromatic carbocycles. The Morgan fingerprint density at radius 2 is 1.83 bits per heavy atom. The van der Waals surface area contributed by atoms with E-state index < -0.39 is 12.1 Å². The summed E-state index contributed by atoms with van der Waals surface area (Å²) in [6.45, 7) is 2.57. The molecule has 0 aliphatic carbocycles. The van der Waals surface area contributed by atoms with Crippen LogP contribution in [0.2, 0.25) is 0 Å². The van der Waals surface area contributed by atoms with Crippen molar-refractivity contribution in [2.45, 2.75) is 45.1 Å². The van der Waals surface area contributed by atoms with Crippen molar-refractivity contribution in [3.63, 3.8) is 0 Å². The Balaban J connectivity index is 4.22. The molecule has 0 bridgehead atoms. The van der Waals surface area contributed by atoms with Crippen LogP contribution in [0.15, 0.2) is 0 Å². The summed E-state index contributed by atoms with van der Waals surface area (Å²) >= 11 is 0. The highest BCUT2D eigenvalue weighted by molar-refractivity contribution is 5.71. The van der Waals surface area contributed by atoms with E-state index in [1.54, 1.807) is 0 Å². The molecule has 1 unspecified atom stereocenters. The van der Waals surface area contributed by atoms with E-state index in [1.807, 2.05) is 21.1 Å². The van der Waals surface area contributed by atoms with Crippen LogP contribution in [-0.2, 0) is 14.3 Å². The van der Waals surface area contributed by atoms with E-state index in [0.717, 1.165) is 19.3 Å². The van der Waals surface area contributed by atoms with E-state index in [1.165, 1.54) is 0 Å². The quantitative estimate of drug-likeness (QED) is 0.389. The Kier molecular flexibility index (Phi) is 7.59. The largest absolute Gasteiger partial charge is 0.481 e. The molecule has 0 radical (unpaired) electrons. The molecule has 0 rings (SSSR count). The van der Waals surface area contributed by atoms with Crippen molar-refractivity contribution in [1.29, 1.82) is 0 Å². The number of aliphatic carboxylic acids is 1. The summed E-state index contributed by atoms with van der Waals surface area (Å²) in [6.07, 6.45) is 2.55. The van der Waals surface area contributed by atoms with E-state index in [-0.39, 0.29) is 12.4 Å². The number of hydrogen-bond acceptors (Lipinski definition) is 3. The van der Waals surface area contributed by atoms with E-state index >= 15 is 0 Å². The van der Waals surface area contributed by atoms with Gasteiger partial charge in [0.25, 0.3) is 0 Å². The number of ether oxygens (including phenoxy) is 1. The molecular weight excluding hydrogens is 234 g/mol. The van der Waals surface area contributed by atoms with Crippen LogP contribution < -0.4 is 0 Å². The number of carboxylic acids is 1. The maximum absolute atomic E-state index is 11.6. The van der Waals surface area contributed by atoms with Crippen LogP contribution in [-0.4, -0.2) is 55.3 Å². The molecule has 0 aliphatic heterocycles. The Morgan fingerprint density at radius 3 is 2.28 bits per heavy atom. The third kappa shape index (κ3) is 10.1. The van der Waals surface area contributed by atoms with Gasteiger partial charge < -0.3 is 14.3 Å². The molecule has 18 heavy (non-hydrogen) atoms. The van der Waals surface area contributed by atoms with Crippen molar-refractivity contribution in [2.75, 3.05) is 27.7 Å². The molecule has 0 fully saturated rings. The first-order valence-corrected chi connectivity index (χ1v) is 6.46. The first-order chi connectivity index (χ1) is 8.24. The van der Waals surface area contributed by atoms with Gasteiger partial charge in [-0.3, -0.25) is 9.59 Å². The first kappa shape index (κ1) is 16.9. The van der Waals surface area contributed by atoms with E-state index in [0.29, 0.717) is 17.4 Å². The van der Waals surface area contributed by atoms with Gasteiger partial charge in [-0.1, -0.05) is 19.8 Å². The summed E-state index contributed by atoms with van der Waals surface area (Å²) in [4.78, 5) is 22.3. The fourth-order valence-corrected chi connectivity index (χ4v) is 1.71. The van der Waals surface area contributed by atoms with Crippen LogP contribution in [0.5, 0.6) is 0 Å². The molecule has 106 valence electrons. The minimum absolute atomic E-state index is 0.130. The summed E-state index contributed by atoms with van der Waals surface area (Å²) in [6, 6.07) is 0. The molecule has 0 aromatic heterocycles. The van der Waals surface area contributed by atoms with Crippen molar-refractivity contribution in [1.82, 2.24) is 0 Å². The molecule has 1 N–H and O–H groups in total. The number of carboxylic acid groups (broad SMARTS) is 1. The highest BCUT2D eigenvalue weighted by Gasteiger charge is 2.24. The number of carbonyl (C=O) groups excluding carboxylic acids is 1. The van der Waals surface area contributed by atoms with Gasteiger partial charge in [0.05, 0.1) is 27.6 Å². The minimum Gasteiger partial charge on any atom is -0.481 e. The second-order valence-electron chi connectivity index (χ2n) is 5.64. The standard InChI is InChI=1S/C13H25NO4/c1-5-6-7-8-13(17)18-11(9-12(15)16)10-14(2,3)4/h11H,5-10H2,1-4H3/p+1. The normalized spacial score (nSPS) is 13.1. The lowest BCUT2D eigenvalue weighted by Gasteiger charge is -2.28. The zero-order valence-corrected chi connectivity index (χ0v) is 11.9. The topological polar surface area (TPSA) is 63.6 Å². The molecule has 0 amide bonds. The highest BCUT2D eigenvalue weighted by Crippen LogP contribution is 2.08. The molecule has 0 heterocycles. The van der Waals surface area contributed by atoms with Crippen LogP contribution in [0.4, 0.5) is 0 Å². The maximum Gasteiger partial charge on any atom is 0.307 e. The van der Waals surface area contributed by atoms with Crippen molar-refractivity contribution in [2.24, 2.45) is 0 Å². The number of hydrogen-bond donors (Lipinski definition) is 1. The Labute approximate surface area is 109 Å². The fourth-order valence-electron chi connectivity index (χ4n) is 1.71. The zero-order valence-electron chi connectivity index (χ0n) is 11.9. The number of unbranched alkanes of at least 4 members (excludes halogenated alkanes) is 2. The van der Waals surface area contributed by atoms with Gasteiger partial charge in [-0.2, -0.15) is 0 Å². The molecule has 5 nitrogen and oxygen atoms in total. The number of quaternary nitrogens is 1. The van der Waals surface area contributed by atoms with Gasteiger partial charge in [0.1, 0.15) is 6.54 Å². The maximum atomic E-state index is 11.6. The van der Waals surface area contributed by atoms with Gasteiger partial charge in [0.15, 0.2) is 6.10 Å². The third-order valence-electron chi connectivity index (χ3n) is 2.44. The van der Waals surface area contributed by atoms with Crippen LogP contribution in [0.25, 0.3) is 0 Å². The number of carbonyl (C=O) groups is 2. The molecule has 0 aromatic rings. The SMILES string of the molecule is CCCCCC(=O)OC(CC(=O)O)C[N+](C)(C)C. The van der Waals surface area contributed by atoms with Crippen molar-refractivity contribution in [3.05, 3.63) is 0 Å². The molecule has 1 atom stereocenters. The Morgan fingerprint density at radius 1 is 1.22 bits per heavy atom. The van der Waals surface area contributed by atoms with E-state index in [2.05, 4.69) is 6.92 Å². The number of esters is 1. The lowest BCUT2D eigenvalue weighted by atomic mass is 10.2. The third-order valence-corrected chi connectivity index (χ3v) is 2.44. The lowest BCUT2D eigenvalue weighted by Crippen LogP contribution is -2.43. The Bertz CT molecular complexity index is 271. The van der Waals surface area contributed by atoms with E-state index in [4.69, 9.17) is 9.84 Å². The van der Waals surface area contributed by atoms with E-state index in [9.17, 15) is 9.59 Å². The number of rotatable bonds is 9. The summed E-state index contributed by atoms with van der Waals surface area (Å²) in [5.74, 6) is -1.22. The van der Waals surface area contributed by atoms with Crippen LogP contribution in [0, 0.1) is 0 Å².